The fourth-order valence-electron chi connectivity index (χ4n) is 4.08. The lowest BCUT2D eigenvalue weighted by Crippen LogP contribution is -2.18. The van der Waals surface area contributed by atoms with Crippen LogP contribution in [0.1, 0.15) is 80.9 Å². The van der Waals surface area contributed by atoms with Crippen LogP contribution in [0.25, 0.3) is 6.08 Å². The number of thioether (sulfide) groups is 1. The van der Waals surface area contributed by atoms with Crippen LogP contribution in [0.2, 0.25) is 0 Å². The Kier molecular flexibility index (Phi) is 7.29. The Morgan fingerprint density at radius 1 is 1.14 bits per heavy atom. The summed E-state index contributed by atoms with van der Waals surface area (Å²) >= 11 is 2.14. The van der Waals surface area contributed by atoms with E-state index >= 15 is 0 Å². The molecule has 156 valence electrons. The average Bonchev–Trinajstić information content (AvgIpc) is 3.48. The maximum absolute atomic E-state index is 10.6. The van der Waals surface area contributed by atoms with Gasteiger partial charge < -0.3 is 5.11 Å². The van der Waals surface area contributed by atoms with Gasteiger partial charge in [0.15, 0.2) is 0 Å². The molecule has 29 heavy (non-hydrogen) atoms. The number of allylic oxidation sites excluding steroid dienone is 1. The van der Waals surface area contributed by atoms with Crippen molar-refractivity contribution < 1.29 is 5.11 Å². The Hall–Kier alpha value is -1.51. The summed E-state index contributed by atoms with van der Waals surface area (Å²) in [7, 11) is 0. The van der Waals surface area contributed by atoms with Crippen molar-refractivity contribution >= 4 is 17.8 Å². The van der Waals surface area contributed by atoms with Crippen LogP contribution < -0.4 is 0 Å². The van der Waals surface area contributed by atoms with Crippen LogP contribution in [-0.2, 0) is 12.0 Å². The highest BCUT2D eigenvalue weighted by atomic mass is 32.2. The minimum absolute atomic E-state index is 0.485. The summed E-state index contributed by atoms with van der Waals surface area (Å²) in [5.41, 5.74) is 4.83. The number of aliphatic hydroxyl groups is 1. The van der Waals surface area contributed by atoms with Crippen molar-refractivity contribution in [3.05, 3.63) is 76.9 Å². The molecule has 0 radical (unpaired) electrons. The monoisotopic (exact) mass is 408 g/mol. The van der Waals surface area contributed by atoms with E-state index in [9.17, 15) is 5.11 Å². The molecule has 0 aromatic heterocycles. The molecule has 0 heterocycles. The van der Waals surface area contributed by atoms with E-state index in [0.717, 1.165) is 18.4 Å². The molecular weight excluding hydrogens is 372 g/mol. The molecule has 0 saturated heterocycles. The van der Waals surface area contributed by atoms with Gasteiger partial charge in [-0.25, -0.2) is 0 Å². The Balaban J connectivity index is 1.79. The van der Waals surface area contributed by atoms with Gasteiger partial charge in [0.25, 0.3) is 0 Å². The van der Waals surface area contributed by atoms with Gasteiger partial charge in [-0.1, -0.05) is 67.6 Å². The first-order chi connectivity index (χ1) is 13.9. The Labute approximate surface area is 181 Å². The molecular formula is C27H36OS. The van der Waals surface area contributed by atoms with Crippen molar-refractivity contribution in [2.45, 2.75) is 70.7 Å². The maximum Gasteiger partial charge on any atom is 0.0843 e. The van der Waals surface area contributed by atoms with Gasteiger partial charge in [-0.15, -0.1) is 0 Å². The molecule has 2 heteroatoms. The smallest absolute Gasteiger partial charge is 0.0843 e. The standard InChI is InChI=1S/C27H36OS/c1-5-10-21-11-9-13-23(19-21)25(29-20-27(6-2)17-18-27)16-15-22-12-7-8-14-24(22)26(3,4)28/h5,7-14,19,25,28H,6,15-18,20H2,1-4H3/b10-5+/t25-/m1/s1. The van der Waals surface area contributed by atoms with Crippen molar-refractivity contribution in [1.29, 1.82) is 0 Å². The van der Waals surface area contributed by atoms with Crippen molar-refractivity contribution in [3.8, 4) is 0 Å². The van der Waals surface area contributed by atoms with Crippen LogP contribution >= 0.6 is 11.8 Å². The molecule has 1 atom stereocenters. The largest absolute Gasteiger partial charge is 0.386 e. The van der Waals surface area contributed by atoms with Gasteiger partial charge in [0, 0.05) is 5.25 Å². The minimum Gasteiger partial charge on any atom is -0.386 e. The van der Waals surface area contributed by atoms with Gasteiger partial charge in [0.2, 0.25) is 0 Å². The summed E-state index contributed by atoms with van der Waals surface area (Å²) in [5, 5.41) is 11.1. The molecule has 1 nitrogen and oxygen atoms in total. The maximum atomic E-state index is 10.6. The molecule has 0 spiro atoms. The van der Waals surface area contributed by atoms with Gasteiger partial charge >= 0.3 is 0 Å². The fourth-order valence-corrected chi connectivity index (χ4v) is 5.75. The lowest BCUT2D eigenvalue weighted by molar-refractivity contribution is 0.0776. The highest BCUT2D eigenvalue weighted by Crippen LogP contribution is 2.53. The molecule has 1 N–H and O–H groups in total. The van der Waals surface area contributed by atoms with Crippen LogP contribution in [0.5, 0.6) is 0 Å². The zero-order valence-corrected chi connectivity index (χ0v) is 19.3. The predicted molar refractivity (Wildman–Crippen MR) is 128 cm³/mol. The zero-order valence-electron chi connectivity index (χ0n) is 18.4. The van der Waals surface area contributed by atoms with Crippen LogP contribution in [0.3, 0.4) is 0 Å². The lowest BCUT2D eigenvalue weighted by Gasteiger charge is -2.24. The molecule has 0 aliphatic heterocycles. The fraction of sp³-hybridized carbons (Fsp3) is 0.481. The first-order valence-electron chi connectivity index (χ1n) is 11.0. The van der Waals surface area contributed by atoms with Gasteiger partial charge in [-0.3, -0.25) is 0 Å². The van der Waals surface area contributed by atoms with Gasteiger partial charge in [-0.05, 0) is 86.3 Å². The minimum atomic E-state index is -0.800. The van der Waals surface area contributed by atoms with Crippen LogP contribution in [0.4, 0.5) is 0 Å². The van der Waals surface area contributed by atoms with E-state index in [0.29, 0.717) is 10.7 Å². The van der Waals surface area contributed by atoms with Crippen molar-refractivity contribution in [2.75, 3.05) is 5.75 Å². The van der Waals surface area contributed by atoms with Gasteiger partial charge in [0.1, 0.15) is 0 Å². The molecule has 1 aliphatic carbocycles. The van der Waals surface area contributed by atoms with Crippen LogP contribution in [-0.4, -0.2) is 10.9 Å². The number of aryl methyl sites for hydroxylation is 1. The van der Waals surface area contributed by atoms with E-state index in [2.05, 4.69) is 80.2 Å². The second-order valence-corrected chi connectivity index (χ2v) is 10.3. The quantitative estimate of drug-likeness (QED) is 0.438. The Morgan fingerprint density at radius 2 is 1.90 bits per heavy atom. The van der Waals surface area contributed by atoms with E-state index < -0.39 is 5.60 Å². The molecule has 1 fully saturated rings. The first-order valence-corrected chi connectivity index (χ1v) is 12.1. The van der Waals surface area contributed by atoms with E-state index in [1.165, 1.54) is 41.7 Å². The number of hydrogen-bond acceptors (Lipinski definition) is 2. The summed E-state index contributed by atoms with van der Waals surface area (Å²) in [6.07, 6.45) is 10.5. The average molecular weight is 409 g/mol. The highest BCUT2D eigenvalue weighted by molar-refractivity contribution is 7.99. The molecule has 2 aromatic carbocycles. The lowest BCUT2D eigenvalue weighted by atomic mass is 9.90. The topological polar surface area (TPSA) is 20.2 Å². The van der Waals surface area contributed by atoms with Crippen molar-refractivity contribution in [3.63, 3.8) is 0 Å². The van der Waals surface area contributed by atoms with E-state index in [1.54, 1.807) is 0 Å². The predicted octanol–water partition coefficient (Wildman–Crippen LogP) is 7.54. The van der Waals surface area contributed by atoms with Gasteiger partial charge in [-0.2, -0.15) is 11.8 Å². The number of hydrogen-bond donors (Lipinski definition) is 1. The van der Waals surface area contributed by atoms with E-state index in [-0.39, 0.29) is 0 Å². The summed E-state index contributed by atoms with van der Waals surface area (Å²) in [5.74, 6) is 1.26. The van der Waals surface area contributed by atoms with Crippen LogP contribution in [0, 0.1) is 5.41 Å². The Morgan fingerprint density at radius 3 is 2.55 bits per heavy atom. The third kappa shape index (κ3) is 5.99. The van der Waals surface area contributed by atoms with Crippen LogP contribution in [0.15, 0.2) is 54.6 Å². The van der Waals surface area contributed by atoms with E-state index in [4.69, 9.17) is 0 Å². The molecule has 0 amide bonds. The summed E-state index contributed by atoms with van der Waals surface area (Å²) in [6.45, 7) is 8.19. The summed E-state index contributed by atoms with van der Waals surface area (Å²) < 4.78 is 0. The molecule has 0 bridgehead atoms. The third-order valence-corrected chi connectivity index (χ3v) is 7.98. The molecule has 1 saturated carbocycles. The second-order valence-electron chi connectivity index (χ2n) is 9.08. The second kappa shape index (κ2) is 9.53. The number of benzene rings is 2. The van der Waals surface area contributed by atoms with Gasteiger partial charge in [0.05, 0.1) is 5.60 Å². The molecule has 0 unspecified atom stereocenters. The zero-order chi connectivity index (χ0) is 20.9. The summed E-state index contributed by atoms with van der Waals surface area (Å²) in [4.78, 5) is 0. The molecule has 1 aliphatic rings. The van der Waals surface area contributed by atoms with E-state index in [1.807, 2.05) is 19.9 Å². The number of rotatable bonds is 10. The SMILES string of the molecule is C/C=C/c1cccc([C@@H](CCc2ccccc2C(C)(C)O)SCC2(CC)CC2)c1. The summed E-state index contributed by atoms with van der Waals surface area (Å²) in [6, 6.07) is 17.4. The highest BCUT2D eigenvalue weighted by Gasteiger charge is 2.40. The Bertz CT molecular complexity index is 826. The first kappa shape index (κ1) is 22.2. The normalized spacial score (nSPS) is 16.9. The molecule has 2 aromatic rings. The van der Waals surface area contributed by atoms with Crippen molar-refractivity contribution in [2.24, 2.45) is 5.41 Å². The van der Waals surface area contributed by atoms with Crippen molar-refractivity contribution in [1.82, 2.24) is 0 Å². The molecule has 3 rings (SSSR count). The third-order valence-electron chi connectivity index (χ3n) is 6.29.